The number of benzene rings is 2. The van der Waals surface area contributed by atoms with Crippen LogP contribution in [-0.2, 0) is 11.0 Å². The van der Waals surface area contributed by atoms with Crippen molar-refractivity contribution in [3.05, 3.63) is 65.7 Å². The number of anilines is 1. The van der Waals surface area contributed by atoms with Crippen LogP contribution in [0.5, 0.6) is 0 Å². The Morgan fingerprint density at radius 3 is 2.35 bits per heavy atom. The van der Waals surface area contributed by atoms with E-state index < -0.39 is 17.6 Å². The molecule has 0 fully saturated rings. The smallest absolute Gasteiger partial charge is 0.325 e. The molecule has 122 valence electrons. The predicted octanol–water partition coefficient (Wildman–Crippen LogP) is 5.14. The molecule has 0 aromatic heterocycles. The third kappa shape index (κ3) is 5.03. The fourth-order valence-corrected chi connectivity index (χ4v) is 2.87. The summed E-state index contributed by atoms with van der Waals surface area (Å²) >= 11 is 1.38. The molecular formula is C17H16F3NOS. The molecule has 0 saturated carbocycles. The lowest BCUT2D eigenvalue weighted by atomic mass is 10.1. The number of para-hydroxylation sites is 1. The van der Waals surface area contributed by atoms with Crippen molar-refractivity contribution in [1.29, 1.82) is 0 Å². The van der Waals surface area contributed by atoms with Crippen LogP contribution in [0.1, 0.15) is 23.3 Å². The Morgan fingerprint density at radius 2 is 1.70 bits per heavy atom. The number of thioether (sulfide) groups is 1. The first-order valence-corrected chi connectivity index (χ1v) is 8.05. The minimum atomic E-state index is -4.49. The highest BCUT2D eigenvalue weighted by molar-refractivity contribution is 8.00. The Labute approximate surface area is 137 Å². The minimum Gasteiger partial charge on any atom is -0.325 e. The van der Waals surface area contributed by atoms with Gasteiger partial charge in [0.1, 0.15) is 0 Å². The van der Waals surface area contributed by atoms with Crippen LogP contribution in [0.2, 0.25) is 0 Å². The van der Waals surface area contributed by atoms with E-state index in [0.717, 1.165) is 11.6 Å². The van der Waals surface area contributed by atoms with Crippen molar-refractivity contribution in [3.8, 4) is 0 Å². The van der Waals surface area contributed by atoms with Gasteiger partial charge in [-0.25, -0.2) is 0 Å². The van der Waals surface area contributed by atoms with Gasteiger partial charge in [0.2, 0.25) is 5.91 Å². The van der Waals surface area contributed by atoms with E-state index in [9.17, 15) is 18.0 Å². The highest BCUT2D eigenvalue weighted by atomic mass is 32.2. The van der Waals surface area contributed by atoms with Crippen LogP contribution in [0, 0.1) is 0 Å². The monoisotopic (exact) mass is 339 g/mol. The van der Waals surface area contributed by atoms with Crippen molar-refractivity contribution >= 4 is 23.4 Å². The average molecular weight is 339 g/mol. The molecule has 0 heterocycles. The van der Waals surface area contributed by atoms with E-state index in [2.05, 4.69) is 5.32 Å². The van der Waals surface area contributed by atoms with Crippen LogP contribution >= 0.6 is 11.8 Å². The van der Waals surface area contributed by atoms with Gasteiger partial charge in [-0.05, 0) is 24.6 Å². The summed E-state index contributed by atoms with van der Waals surface area (Å²) in [6, 6.07) is 14.6. The van der Waals surface area contributed by atoms with Crippen molar-refractivity contribution in [2.45, 2.75) is 18.3 Å². The molecule has 0 bridgehead atoms. The second kappa shape index (κ2) is 7.55. The molecule has 2 aromatic rings. The molecule has 0 radical (unpaired) electrons. The number of carbonyl (C=O) groups excluding carboxylic acids is 1. The summed E-state index contributed by atoms with van der Waals surface area (Å²) in [7, 11) is 0. The molecule has 6 heteroatoms. The fraction of sp³-hybridized carbons (Fsp3) is 0.235. The van der Waals surface area contributed by atoms with Gasteiger partial charge in [0.25, 0.3) is 0 Å². The first-order chi connectivity index (χ1) is 10.9. The molecule has 1 atom stereocenters. The Hall–Kier alpha value is -1.95. The maximum atomic E-state index is 12.9. The fourth-order valence-electron chi connectivity index (χ4n) is 2.05. The van der Waals surface area contributed by atoms with Crippen LogP contribution in [-0.4, -0.2) is 11.7 Å². The van der Waals surface area contributed by atoms with Crippen LogP contribution in [0.15, 0.2) is 54.6 Å². The van der Waals surface area contributed by atoms with E-state index in [1.807, 2.05) is 37.3 Å². The number of hydrogen-bond acceptors (Lipinski definition) is 2. The third-order valence-electron chi connectivity index (χ3n) is 3.24. The zero-order valence-corrected chi connectivity index (χ0v) is 13.2. The van der Waals surface area contributed by atoms with E-state index >= 15 is 0 Å². The molecule has 0 unspecified atom stereocenters. The lowest BCUT2D eigenvalue weighted by molar-refractivity contribution is -0.137. The van der Waals surface area contributed by atoms with Crippen LogP contribution < -0.4 is 5.32 Å². The Morgan fingerprint density at radius 1 is 1.09 bits per heavy atom. The second-order valence-electron chi connectivity index (χ2n) is 4.96. The molecule has 2 nitrogen and oxygen atoms in total. The number of amides is 1. The van der Waals surface area contributed by atoms with Crippen LogP contribution in [0.3, 0.4) is 0 Å². The number of hydrogen-bond donors (Lipinski definition) is 1. The van der Waals surface area contributed by atoms with Gasteiger partial charge in [0.05, 0.1) is 17.0 Å². The SMILES string of the molecule is C[C@H](SCC(=O)Nc1ccccc1C(F)(F)F)c1ccccc1. The zero-order chi connectivity index (χ0) is 16.9. The normalized spacial score (nSPS) is 12.7. The maximum Gasteiger partial charge on any atom is 0.418 e. The van der Waals surface area contributed by atoms with E-state index in [4.69, 9.17) is 0 Å². The van der Waals surface area contributed by atoms with Gasteiger partial charge >= 0.3 is 6.18 Å². The van der Waals surface area contributed by atoms with Gasteiger partial charge in [0, 0.05) is 5.25 Å². The Kier molecular flexibility index (Phi) is 5.71. The first kappa shape index (κ1) is 17.4. The lowest BCUT2D eigenvalue weighted by Crippen LogP contribution is -2.18. The molecule has 0 aliphatic carbocycles. The topological polar surface area (TPSA) is 29.1 Å². The molecule has 1 amide bonds. The Balaban J connectivity index is 1.96. The molecule has 0 saturated heterocycles. The van der Waals surface area contributed by atoms with Crippen molar-refractivity contribution in [1.82, 2.24) is 0 Å². The summed E-state index contributed by atoms with van der Waals surface area (Å²) in [5, 5.41) is 2.43. The molecule has 0 spiro atoms. The van der Waals surface area contributed by atoms with Crippen LogP contribution in [0.4, 0.5) is 18.9 Å². The number of rotatable bonds is 5. The number of halogens is 3. The van der Waals surface area contributed by atoms with Gasteiger partial charge in [-0.2, -0.15) is 13.2 Å². The average Bonchev–Trinajstić information content (AvgIpc) is 2.53. The molecule has 2 rings (SSSR count). The zero-order valence-electron chi connectivity index (χ0n) is 12.4. The second-order valence-corrected chi connectivity index (χ2v) is 6.28. The van der Waals surface area contributed by atoms with Gasteiger partial charge in [-0.3, -0.25) is 4.79 Å². The summed E-state index contributed by atoms with van der Waals surface area (Å²) < 4.78 is 38.6. The quantitative estimate of drug-likeness (QED) is 0.817. The predicted molar refractivity (Wildman–Crippen MR) is 87.4 cm³/mol. The minimum absolute atomic E-state index is 0.0832. The molecular weight excluding hydrogens is 323 g/mol. The number of alkyl halides is 3. The van der Waals surface area contributed by atoms with E-state index in [1.54, 1.807) is 0 Å². The van der Waals surface area contributed by atoms with E-state index in [0.29, 0.717) is 0 Å². The molecule has 1 N–H and O–H groups in total. The van der Waals surface area contributed by atoms with Gasteiger partial charge in [-0.1, -0.05) is 42.5 Å². The van der Waals surface area contributed by atoms with E-state index in [-0.39, 0.29) is 16.7 Å². The summed E-state index contributed by atoms with van der Waals surface area (Å²) in [6.07, 6.45) is -4.49. The highest BCUT2D eigenvalue weighted by Crippen LogP contribution is 2.35. The third-order valence-corrected chi connectivity index (χ3v) is 4.44. The van der Waals surface area contributed by atoms with Crippen molar-refractivity contribution in [2.75, 3.05) is 11.1 Å². The van der Waals surface area contributed by atoms with Crippen LogP contribution in [0.25, 0.3) is 0 Å². The summed E-state index contributed by atoms with van der Waals surface area (Å²) in [6.45, 7) is 1.96. The maximum absolute atomic E-state index is 12.9. The molecule has 2 aromatic carbocycles. The summed E-state index contributed by atoms with van der Waals surface area (Å²) in [5.41, 5.74) is 0.0217. The number of carbonyl (C=O) groups is 1. The lowest BCUT2D eigenvalue weighted by Gasteiger charge is -2.14. The largest absolute Gasteiger partial charge is 0.418 e. The standard InChI is InChI=1S/C17H16F3NOS/c1-12(13-7-3-2-4-8-13)23-11-16(22)21-15-10-6-5-9-14(15)17(18,19)20/h2-10,12H,11H2,1H3,(H,21,22)/t12-/m0/s1. The molecule has 23 heavy (non-hydrogen) atoms. The molecule has 0 aliphatic rings. The number of nitrogens with one attached hydrogen (secondary N) is 1. The van der Waals surface area contributed by atoms with Crippen molar-refractivity contribution in [2.24, 2.45) is 0 Å². The summed E-state index contributed by atoms with van der Waals surface area (Å²) in [5.74, 6) is -0.364. The van der Waals surface area contributed by atoms with Gasteiger partial charge < -0.3 is 5.32 Å². The van der Waals surface area contributed by atoms with Crippen molar-refractivity contribution in [3.63, 3.8) is 0 Å². The van der Waals surface area contributed by atoms with Gasteiger partial charge in [-0.15, -0.1) is 11.8 Å². The Bertz CT molecular complexity index is 658. The highest BCUT2D eigenvalue weighted by Gasteiger charge is 2.33. The molecule has 0 aliphatic heterocycles. The first-order valence-electron chi connectivity index (χ1n) is 7.00. The van der Waals surface area contributed by atoms with E-state index in [1.165, 1.54) is 30.0 Å². The summed E-state index contributed by atoms with van der Waals surface area (Å²) in [4.78, 5) is 11.9. The van der Waals surface area contributed by atoms with Crippen molar-refractivity contribution < 1.29 is 18.0 Å². The van der Waals surface area contributed by atoms with Gasteiger partial charge in [0.15, 0.2) is 0 Å².